The van der Waals surface area contributed by atoms with E-state index in [-0.39, 0.29) is 6.10 Å². The van der Waals surface area contributed by atoms with Crippen LogP contribution in [0.4, 0.5) is 0 Å². The number of aliphatic hydroxyl groups excluding tert-OH is 1. The Morgan fingerprint density at radius 2 is 2.11 bits per heavy atom. The quantitative estimate of drug-likeness (QED) is 0.581. The summed E-state index contributed by atoms with van der Waals surface area (Å²) in [5.41, 5.74) is 0. The summed E-state index contributed by atoms with van der Waals surface area (Å²) in [5, 5.41) is 13.2. The summed E-state index contributed by atoms with van der Waals surface area (Å²) in [4.78, 5) is 0. The molecule has 1 saturated heterocycles. The Bertz CT molecular complexity index is 210. The van der Waals surface area contributed by atoms with Crippen molar-refractivity contribution in [3.63, 3.8) is 0 Å². The third-order valence-corrected chi connectivity index (χ3v) is 3.31. The number of hydrogen-bond acceptors (Lipinski definition) is 5. The summed E-state index contributed by atoms with van der Waals surface area (Å²) in [5.74, 6) is 0. The van der Waals surface area contributed by atoms with Crippen LogP contribution in [0.3, 0.4) is 0 Å². The minimum Gasteiger partial charge on any atom is -0.388 e. The van der Waals surface area contributed by atoms with Gasteiger partial charge in [-0.2, -0.15) is 0 Å². The summed E-state index contributed by atoms with van der Waals surface area (Å²) >= 11 is 0. The van der Waals surface area contributed by atoms with E-state index in [1.54, 1.807) is 7.11 Å². The number of aliphatic hydroxyl groups is 1. The van der Waals surface area contributed by atoms with Crippen LogP contribution in [0.15, 0.2) is 0 Å². The van der Waals surface area contributed by atoms with Crippen LogP contribution in [0, 0.1) is 0 Å². The summed E-state index contributed by atoms with van der Waals surface area (Å²) in [6.07, 6.45) is 4.31. The van der Waals surface area contributed by atoms with E-state index in [0.29, 0.717) is 32.5 Å². The Morgan fingerprint density at radius 1 is 1.26 bits per heavy atom. The molecule has 1 rings (SSSR count). The van der Waals surface area contributed by atoms with E-state index in [9.17, 15) is 5.11 Å². The summed E-state index contributed by atoms with van der Waals surface area (Å²) in [6.45, 7) is 4.92. The van der Waals surface area contributed by atoms with Gasteiger partial charge in [-0.1, -0.05) is 6.42 Å². The van der Waals surface area contributed by atoms with Crippen molar-refractivity contribution in [1.82, 2.24) is 5.32 Å². The third kappa shape index (κ3) is 8.55. The van der Waals surface area contributed by atoms with Crippen LogP contribution in [-0.4, -0.2) is 63.4 Å². The zero-order chi connectivity index (χ0) is 13.9. The van der Waals surface area contributed by atoms with Crippen molar-refractivity contribution in [3.05, 3.63) is 0 Å². The second-order valence-electron chi connectivity index (χ2n) is 5.26. The molecule has 0 aromatic heterocycles. The predicted octanol–water partition coefficient (Wildman–Crippen LogP) is 0.948. The van der Waals surface area contributed by atoms with Crippen molar-refractivity contribution in [3.8, 4) is 0 Å². The first kappa shape index (κ1) is 16.9. The van der Waals surface area contributed by atoms with Crippen LogP contribution in [-0.2, 0) is 14.2 Å². The Hall–Kier alpha value is -0.200. The van der Waals surface area contributed by atoms with Gasteiger partial charge in [-0.15, -0.1) is 0 Å². The van der Waals surface area contributed by atoms with E-state index < -0.39 is 6.10 Å². The van der Waals surface area contributed by atoms with Crippen molar-refractivity contribution in [2.45, 2.75) is 50.9 Å². The largest absolute Gasteiger partial charge is 0.388 e. The molecule has 3 atom stereocenters. The van der Waals surface area contributed by atoms with E-state index >= 15 is 0 Å². The fourth-order valence-electron chi connectivity index (χ4n) is 2.22. The first-order valence-corrected chi connectivity index (χ1v) is 7.32. The molecule has 0 aliphatic carbocycles. The molecule has 1 aliphatic rings. The van der Waals surface area contributed by atoms with Crippen molar-refractivity contribution < 1.29 is 19.3 Å². The molecule has 0 saturated carbocycles. The number of nitrogens with one attached hydrogen (secondary N) is 1. The topological polar surface area (TPSA) is 60.0 Å². The van der Waals surface area contributed by atoms with E-state index in [1.165, 1.54) is 19.3 Å². The molecule has 0 aromatic carbocycles. The number of rotatable bonds is 10. The molecule has 1 aliphatic heterocycles. The fraction of sp³-hybridized carbons (Fsp3) is 1.00. The standard InChI is InChI=1S/C14H29NO4/c1-12(9-17-2)19-11-14(16)10-18-8-6-13-5-3-4-7-15-13/h12-16H,3-11H2,1-2H3. The van der Waals surface area contributed by atoms with Crippen molar-refractivity contribution in [2.24, 2.45) is 0 Å². The van der Waals surface area contributed by atoms with Gasteiger partial charge in [0.1, 0.15) is 6.10 Å². The van der Waals surface area contributed by atoms with Crippen LogP contribution >= 0.6 is 0 Å². The Morgan fingerprint density at radius 3 is 2.79 bits per heavy atom. The van der Waals surface area contributed by atoms with Crippen LogP contribution in [0.25, 0.3) is 0 Å². The SMILES string of the molecule is COCC(C)OCC(O)COCCC1CCCCN1. The van der Waals surface area contributed by atoms with Crippen molar-refractivity contribution >= 4 is 0 Å². The zero-order valence-electron chi connectivity index (χ0n) is 12.3. The number of hydrogen-bond donors (Lipinski definition) is 2. The highest BCUT2D eigenvalue weighted by Gasteiger charge is 2.13. The van der Waals surface area contributed by atoms with Gasteiger partial charge in [0.2, 0.25) is 0 Å². The molecule has 3 unspecified atom stereocenters. The lowest BCUT2D eigenvalue weighted by Crippen LogP contribution is -2.35. The molecule has 0 bridgehead atoms. The van der Waals surface area contributed by atoms with E-state index in [1.807, 2.05) is 6.92 Å². The fourth-order valence-corrected chi connectivity index (χ4v) is 2.22. The summed E-state index contributed by atoms with van der Waals surface area (Å²) in [6, 6.07) is 0.587. The van der Waals surface area contributed by atoms with Gasteiger partial charge in [0.25, 0.3) is 0 Å². The van der Waals surface area contributed by atoms with Gasteiger partial charge in [0.05, 0.1) is 25.9 Å². The number of methoxy groups -OCH3 is 1. The first-order valence-electron chi connectivity index (χ1n) is 7.32. The lowest BCUT2D eigenvalue weighted by Gasteiger charge is -2.23. The maximum atomic E-state index is 9.70. The van der Waals surface area contributed by atoms with Gasteiger partial charge in [-0.3, -0.25) is 0 Å². The van der Waals surface area contributed by atoms with Gasteiger partial charge < -0.3 is 24.6 Å². The van der Waals surface area contributed by atoms with Gasteiger partial charge >= 0.3 is 0 Å². The highest BCUT2D eigenvalue weighted by atomic mass is 16.5. The second-order valence-corrected chi connectivity index (χ2v) is 5.26. The Balaban J connectivity index is 1.93. The van der Waals surface area contributed by atoms with Gasteiger partial charge in [-0.25, -0.2) is 0 Å². The highest BCUT2D eigenvalue weighted by Crippen LogP contribution is 2.09. The summed E-state index contributed by atoms with van der Waals surface area (Å²) < 4.78 is 15.9. The normalized spacial score (nSPS) is 23.2. The monoisotopic (exact) mass is 275 g/mol. The third-order valence-electron chi connectivity index (χ3n) is 3.31. The van der Waals surface area contributed by atoms with E-state index in [0.717, 1.165) is 13.0 Å². The molecule has 5 heteroatoms. The Labute approximate surface area is 116 Å². The molecule has 1 heterocycles. The van der Waals surface area contributed by atoms with Gasteiger partial charge in [0.15, 0.2) is 0 Å². The first-order chi connectivity index (χ1) is 9.22. The smallest absolute Gasteiger partial charge is 0.101 e. The number of piperidine rings is 1. The van der Waals surface area contributed by atoms with E-state index in [4.69, 9.17) is 14.2 Å². The molecular weight excluding hydrogens is 246 g/mol. The highest BCUT2D eigenvalue weighted by molar-refractivity contribution is 4.71. The molecule has 0 radical (unpaired) electrons. The molecule has 0 aromatic rings. The summed E-state index contributed by atoms with van der Waals surface area (Å²) in [7, 11) is 1.64. The van der Waals surface area contributed by atoms with Gasteiger partial charge in [-0.05, 0) is 32.7 Å². The average molecular weight is 275 g/mol. The lowest BCUT2D eigenvalue weighted by atomic mass is 10.0. The maximum Gasteiger partial charge on any atom is 0.101 e. The van der Waals surface area contributed by atoms with Crippen LogP contribution in [0.5, 0.6) is 0 Å². The average Bonchev–Trinajstić information content (AvgIpc) is 2.43. The molecule has 114 valence electrons. The molecule has 1 fully saturated rings. The maximum absolute atomic E-state index is 9.70. The van der Waals surface area contributed by atoms with Crippen LogP contribution < -0.4 is 5.32 Å². The molecule has 5 nitrogen and oxygen atoms in total. The van der Waals surface area contributed by atoms with E-state index in [2.05, 4.69) is 5.32 Å². The predicted molar refractivity (Wildman–Crippen MR) is 74.4 cm³/mol. The minimum atomic E-state index is -0.557. The van der Waals surface area contributed by atoms with Crippen LogP contribution in [0.2, 0.25) is 0 Å². The minimum absolute atomic E-state index is 0.00564. The van der Waals surface area contributed by atoms with Crippen LogP contribution in [0.1, 0.15) is 32.6 Å². The molecular formula is C14H29NO4. The zero-order valence-corrected chi connectivity index (χ0v) is 12.3. The molecule has 0 spiro atoms. The Kier molecular flexibility index (Phi) is 9.38. The van der Waals surface area contributed by atoms with Crippen molar-refractivity contribution in [1.29, 1.82) is 0 Å². The lowest BCUT2D eigenvalue weighted by molar-refractivity contribution is -0.0573. The molecule has 19 heavy (non-hydrogen) atoms. The van der Waals surface area contributed by atoms with Crippen molar-refractivity contribution in [2.75, 3.05) is 40.1 Å². The van der Waals surface area contributed by atoms with Gasteiger partial charge in [0, 0.05) is 19.8 Å². The molecule has 2 N–H and O–H groups in total. The second kappa shape index (κ2) is 10.6. The number of ether oxygens (including phenoxy) is 3. The molecule has 0 amide bonds.